The minimum absolute atomic E-state index is 0.367. The van der Waals surface area contributed by atoms with E-state index in [2.05, 4.69) is 15.1 Å². The van der Waals surface area contributed by atoms with E-state index in [1.165, 1.54) is 17.1 Å². The van der Waals surface area contributed by atoms with Gasteiger partial charge in [-0.1, -0.05) is 12.1 Å². The average Bonchev–Trinajstić information content (AvgIpc) is 3.00. The van der Waals surface area contributed by atoms with Gasteiger partial charge in [0.2, 0.25) is 0 Å². The number of alkyl halides is 2. The van der Waals surface area contributed by atoms with E-state index in [9.17, 15) is 13.0 Å². The lowest BCUT2D eigenvalue weighted by Gasteiger charge is -2.41. The first-order valence-corrected chi connectivity index (χ1v) is 10.3. The molecular formula is C17H18F2N6OS. The van der Waals surface area contributed by atoms with Crippen LogP contribution in [0.5, 0.6) is 0 Å². The van der Waals surface area contributed by atoms with E-state index in [1.54, 1.807) is 29.2 Å². The molecule has 1 unspecified atom stereocenters. The fourth-order valence-corrected chi connectivity index (χ4v) is 3.89. The predicted octanol–water partition coefficient (Wildman–Crippen LogP) is 2.51. The van der Waals surface area contributed by atoms with Crippen molar-refractivity contribution in [3.05, 3.63) is 47.4 Å². The molecule has 27 heavy (non-hydrogen) atoms. The number of hydrogen-bond acceptors (Lipinski definition) is 6. The van der Waals surface area contributed by atoms with Gasteiger partial charge >= 0.3 is 0 Å². The number of nitrogens with one attached hydrogen (secondary N) is 1. The van der Waals surface area contributed by atoms with E-state index < -0.39 is 15.7 Å². The van der Waals surface area contributed by atoms with Crippen molar-refractivity contribution in [2.75, 3.05) is 24.2 Å². The van der Waals surface area contributed by atoms with Crippen molar-refractivity contribution in [2.24, 2.45) is 0 Å². The highest BCUT2D eigenvalue weighted by Crippen LogP contribution is 2.35. The Bertz CT molecular complexity index is 1120. The van der Waals surface area contributed by atoms with Gasteiger partial charge in [0.1, 0.15) is 12.1 Å². The Balaban J connectivity index is 1.76. The zero-order chi connectivity index (χ0) is 19.4. The fraction of sp³-hybridized carbons (Fsp3) is 0.353. The molecule has 1 atom stereocenters. The minimum atomic E-state index is -2.78. The summed E-state index contributed by atoms with van der Waals surface area (Å²) in [6, 6.07) is 6.93. The number of anilines is 1. The molecule has 3 heterocycles. The van der Waals surface area contributed by atoms with E-state index in [0.29, 0.717) is 28.6 Å². The van der Waals surface area contributed by atoms with Crippen molar-refractivity contribution in [3.8, 4) is 0 Å². The first-order valence-electron chi connectivity index (χ1n) is 8.29. The highest BCUT2D eigenvalue weighted by molar-refractivity contribution is 7.91. The Hall–Kier alpha value is -2.62. The van der Waals surface area contributed by atoms with Gasteiger partial charge in [-0.2, -0.15) is 14.6 Å². The lowest BCUT2D eigenvalue weighted by Crippen LogP contribution is -2.57. The topological polar surface area (TPSA) is 87.2 Å². The number of nitrogens with zero attached hydrogens (tertiary/aromatic N) is 5. The first kappa shape index (κ1) is 17.8. The number of aromatic nitrogens is 4. The SMILES string of the molecule is Cc1nc2ncnn2c(N2CC(F)(F)C2)c1Cc1ccc(S(C)(=N)=O)cc1. The second kappa shape index (κ2) is 5.95. The molecule has 0 radical (unpaired) electrons. The summed E-state index contributed by atoms with van der Waals surface area (Å²) in [5, 5.41) is 4.15. The lowest BCUT2D eigenvalue weighted by atomic mass is 10.0. The summed E-state index contributed by atoms with van der Waals surface area (Å²) >= 11 is 0. The monoisotopic (exact) mass is 392 g/mol. The first-order chi connectivity index (χ1) is 12.6. The van der Waals surface area contributed by atoms with Crippen LogP contribution < -0.4 is 4.90 Å². The smallest absolute Gasteiger partial charge is 0.282 e. The Labute approximate surface area is 155 Å². The van der Waals surface area contributed by atoms with Gasteiger partial charge in [0, 0.05) is 28.8 Å². The molecule has 0 spiro atoms. The van der Waals surface area contributed by atoms with Gasteiger partial charge < -0.3 is 4.90 Å². The number of benzene rings is 1. The summed E-state index contributed by atoms with van der Waals surface area (Å²) in [6.07, 6.45) is 3.18. The van der Waals surface area contributed by atoms with Gasteiger partial charge in [0.15, 0.2) is 0 Å². The van der Waals surface area contributed by atoms with E-state index in [4.69, 9.17) is 4.78 Å². The Morgan fingerprint density at radius 1 is 1.26 bits per heavy atom. The normalized spacial score (nSPS) is 18.3. The molecular weight excluding hydrogens is 374 g/mol. The van der Waals surface area contributed by atoms with Crippen LogP contribution in [-0.4, -0.2) is 49.1 Å². The molecule has 1 aliphatic rings. The highest BCUT2D eigenvalue weighted by atomic mass is 32.2. The van der Waals surface area contributed by atoms with Gasteiger partial charge in [-0.15, -0.1) is 0 Å². The zero-order valence-corrected chi connectivity index (χ0v) is 15.6. The van der Waals surface area contributed by atoms with E-state index >= 15 is 0 Å². The van der Waals surface area contributed by atoms with Crippen LogP contribution in [-0.2, 0) is 16.1 Å². The standard InChI is InChI=1S/C17H18F2N6OS/c1-11-14(7-12-3-5-13(6-4-12)27(2,20)26)15(24-8-17(18,19)9-24)25-16(23-11)21-10-22-25/h3-6,10,20H,7-9H2,1-2H3. The van der Waals surface area contributed by atoms with Gasteiger partial charge in [-0.05, 0) is 24.6 Å². The fourth-order valence-electron chi connectivity index (χ4n) is 3.23. The second-order valence-electron chi connectivity index (χ2n) is 6.85. The molecule has 1 fully saturated rings. The van der Waals surface area contributed by atoms with Gasteiger partial charge in [-0.3, -0.25) is 0 Å². The van der Waals surface area contributed by atoms with Gasteiger partial charge in [-0.25, -0.2) is 22.8 Å². The molecule has 142 valence electrons. The van der Waals surface area contributed by atoms with Crippen LogP contribution in [0.25, 0.3) is 5.78 Å². The van der Waals surface area contributed by atoms with Crippen molar-refractivity contribution in [1.82, 2.24) is 19.6 Å². The van der Waals surface area contributed by atoms with Crippen LogP contribution in [0.15, 0.2) is 35.5 Å². The van der Waals surface area contributed by atoms with Crippen LogP contribution in [0.1, 0.15) is 16.8 Å². The van der Waals surface area contributed by atoms with Crippen LogP contribution in [0.2, 0.25) is 0 Å². The molecule has 0 aliphatic carbocycles. The quantitative estimate of drug-likeness (QED) is 0.737. The average molecular weight is 392 g/mol. The van der Waals surface area contributed by atoms with Crippen molar-refractivity contribution in [3.63, 3.8) is 0 Å². The van der Waals surface area contributed by atoms with Crippen LogP contribution in [0.3, 0.4) is 0 Å². The van der Waals surface area contributed by atoms with E-state index in [-0.39, 0.29) is 13.1 Å². The van der Waals surface area contributed by atoms with E-state index in [1.807, 2.05) is 6.92 Å². The molecule has 1 saturated heterocycles. The van der Waals surface area contributed by atoms with E-state index in [0.717, 1.165) is 11.1 Å². The number of hydrogen-bond donors (Lipinski definition) is 1. The highest BCUT2D eigenvalue weighted by Gasteiger charge is 2.45. The molecule has 1 aliphatic heterocycles. The number of halogens is 2. The summed E-state index contributed by atoms with van der Waals surface area (Å²) in [5.41, 5.74) is 2.39. The number of fused-ring (bicyclic) bond motifs is 1. The van der Waals surface area contributed by atoms with Crippen molar-refractivity contribution >= 4 is 21.3 Å². The van der Waals surface area contributed by atoms with Crippen LogP contribution in [0, 0.1) is 11.7 Å². The second-order valence-corrected chi connectivity index (χ2v) is 9.01. The third kappa shape index (κ3) is 3.25. The minimum Gasteiger partial charge on any atom is -0.344 e. The molecule has 3 aromatic rings. The molecule has 10 heteroatoms. The van der Waals surface area contributed by atoms with Crippen molar-refractivity contribution in [2.45, 2.75) is 24.2 Å². The maximum absolute atomic E-state index is 13.5. The molecule has 1 N–H and O–H groups in total. The summed E-state index contributed by atoms with van der Waals surface area (Å²) in [6.45, 7) is 1.09. The third-order valence-corrected chi connectivity index (χ3v) is 5.77. The number of rotatable bonds is 4. The van der Waals surface area contributed by atoms with Gasteiger partial charge in [0.05, 0.1) is 22.8 Å². The third-order valence-electron chi connectivity index (χ3n) is 4.60. The van der Waals surface area contributed by atoms with Crippen LogP contribution >= 0.6 is 0 Å². The van der Waals surface area contributed by atoms with Gasteiger partial charge in [0.25, 0.3) is 11.7 Å². The van der Waals surface area contributed by atoms with Crippen LogP contribution in [0.4, 0.5) is 14.6 Å². The molecule has 0 bridgehead atoms. The lowest BCUT2D eigenvalue weighted by molar-refractivity contribution is -0.0270. The maximum atomic E-state index is 13.5. The Morgan fingerprint density at radius 2 is 1.93 bits per heavy atom. The molecule has 2 aromatic heterocycles. The molecule has 0 saturated carbocycles. The maximum Gasteiger partial charge on any atom is 0.282 e. The molecule has 0 amide bonds. The Kier molecular flexibility index (Phi) is 3.91. The zero-order valence-electron chi connectivity index (χ0n) is 14.8. The Morgan fingerprint density at radius 3 is 2.52 bits per heavy atom. The largest absolute Gasteiger partial charge is 0.344 e. The number of aryl methyl sites for hydroxylation is 1. The summed E-state index contributed by atoms with van der Waals surface area (Å²) in [4.78, 5) is 10.5. The summed E-state index contributed by atoms with van der Waals surface area (Å²) < 4.78 is 47.9. The molecule has 7 nitrogen and oxygen atoms in total. The predicted molar refractivity (Wildman–Crippen MR) is 97.0 cm³/mol. The van der Waals surface area contributed by atoms with Crippen molar-refractivity contribution < 1.29 is 13.0 Å². The summed E-state index contributed by atoms with van der Waals surface area (Å²) in [5.74, 6) is -1.76. The molecule has 4 rings (SSSR count). The van der Waals surface area contributed by atoms with Crippen molar-refractivity contribution in [1.29, 1.82) is 4.78 Å². The summed E-state index contributed by atoms with van der Waals surface area (Å²) in [7, 11) is -2.78. The molecule has 1 aromatic carbocycles.